The quantitative estimate of drug-likeness (QED) is 0.772. The van der Waals surface area contributed by atoms with E-state index < -0.39 is 0 Å². The van der Waals surface area contributed by atoms with Gasteiger partial charge < -0.3 is 16.0 Å². The Kier molecular flexibility index (Phi) is 6.65. The molecule has 1 atom stereocenters. The average Bonchev–Trinajstić information content (AvgIpc) is 2.33. The number of hydrogen-bond donors (Lipinski definition) is 3. The number of hydrogen-bond acceptors (Lipinski definition) is 3. The first-order valence-corrected chi connectivity index (χ1v) is 6.91. The van der Waals surface area contributed by atoms with E-state index in [0.717, 1.165) is 24.3 Å². The standard InChI is InChI=1S/C15H21N3O2.ClH/c1-10(13-8-16-9-13)15(20)17-7-12-4-3-5-14(6-12)18-11(2)19;/h3-6,10,13,16H,7-9H2,1-2H3,(H,17,20)(H,18,19);1H. The van der Waals surface area contributed by atoms with Crippen molar-refractivity contribution >= 4 is 29.9 Å². The van der Waals surface area contributed by atoms with Crippen molar-refractivity contribution in [3.05, 3.63) is 29.8 Å². The van der Waals surface area contributed by atoms with Crippen LogP contribution in [0.25, 0.3) is 0 Å². The Bertz CT molecular complexity index is 503. The van der Waals surface area contributed by atoms with Gasteiger partial charge in [0.1, 0.15) is 0 Å². The van der Waals surface area contributed by atoms with E-state index in [2.05, 4.69) is 16.0 Å². The van der Waals surface area contributed by atoms with Gasteiger partial charge >= 0.3 is 0 Å². The first-order chi connectivity index (χ1) is 9.56. The fraction of sp³-hybridized carbons (Fsp3) is 0.467. The van der Waals surface area contributed by atoms with Crippen molar-refractivity contribution in [3.8, 4) is 0 Å². The van der Waals surface area contributed by atoms with Crippen LogP contribution in [0.1, 0.15) is 19.4 Å². The molecule has 21 heavy (non-hydrogen) atoms. The fourth-order valence-electron chi connectivity index (χ4n) is 2.19. The highest BCUT2D eigenvalue weighted by Gasteiger charge is 2.28. The minimum atomic E-state index is -0.0997. The van der Waals surface area contributed by atoms with Crippen LogP contribution in [-0.2, 0) is 16.1 Å². The lowest BCUT2D eigenvalue weighted by Gasteiger charge is -2.31. The average molecular weight is 312 g/mol. The maximum absolute atomic E-state index is 12.0. The Labute approximate surface area is 131 Å². The SMILES string of the molecule is CC(=O)Nc1cccc(CNC(=O)C(C)C2CNC2)c1.Cl. The maximum atomic E-state index is 12.0. The second-order valence-corrected chi connectivity index (χ2v) is 5.31. The summed E-state index contributed by atoms with van der Waals surface area (Å²) < 4.78 is 0. The van der Waals surface area contributed by atoms with Crippen molar-refractivity contribution in [1.29, 1.82) is 0 Å². The van der Waals surface area contributed by atoms with Gasteiger partial charge in [0.25, 0.3) is 0 Å². The van der Waals surface area contributed by atoms with E-state index in [1.165, 1.54) is 6.92 Å². The predicted molar refractivity (Wildman–Crippen MR) is 85.4 cm³/mol. The van der Waals surface area contributed by atoms with E-state index >= 15 is 0 Å². The van der Waals surface area contributed by atoms with Gasteiger partial charge in [0, 0.05) is 25.1 Å². The van der Waals surface area contributed by atoms with Gasteiger partial charge in [0.15, 0.2) is 0 Å². The van der Waals surface area contributed by atoms with Gasteiger partial charge in [-0.1, -0.05) is 19.1 Å². The summed E-state index contributed by atoms with van der Waals surface area (Å²) in [6.45, 7) is 5.77. The van der Waals surface area contributed by atoms with Crippen molar-refractivity contribution in [3.63, 3.8) is 0 Å². The van der Waals surface area contributed by atoms with Crippen molar-refractivity contribution in [2.45, 2.75) is 20.4 Å². The van der Waals surface area contributed by atoms with Crippen LogP contribution in [0, 0.1) is 11.8 Å². The largest absolute Gasteiger partial charge is 0.352 e. The molecule has 1 aliphatic rings. The zero-order chi connectivity index (χ0) is 14.5. The van der Waals surface area contributed by atoms with Gasteiger partial charge in [0.05, 0.1) is 0 Å². The topological polar surface area (TPSA) is 70.2 Å². The number of anilines is 1. The zero-order valence-electron chi connectivity index (χ0n) is 12.3. The van der Waals surface area contributed by atoms with Crippen LogP contribution in [-0.4, -0.2) is 24.9 Å². The molecule has 1 aromatic carbocycles. The lowest BCUT2D eigenvalue weighted by atomic mass is 9.88. The van der Waals surface area contributed by atoms with Crippen LogP contribution in [0.15, 0.2) is 24.3 Å². The van der Waals surface area contributed by atoms with E-state index in [-0.39, 0.29) is 30.1 Å². The maximum Gasteiger partial charge on any atom is 0.223 e. The number of carbonyl (C=O) groups excluding carboxylic acids is 2. The summed E-state index contributed by atoms with van der Waals surface area (Å²) in [6, 6.07) is 7.50. The fourth-order valence-corrected chi connectivity index (χ4v) is 2.19. The predicted octanol–water partition coefficient (Wildman–Crippen LogP) is 1.54. The lowest BCUT2D eigenvalue weighted by Crippen LogP contribution is -2.49. The zero-order valence-corrected chi connectivity index (χ0v) is 13.1. The van der Waals surface area contributed by atoms with Crippen molar-refractivity contribution in [2.24, 2.45) is 11.8 Å². The number of amides is 2. The Morgan fingerprint density at radius 2 is 2.10 bits per heavy atom. The normalized spacial score (nSPS) is 15.3. The first kappa shape index (κ1) is 17.5. The van der Waals surface area contributed by atoms with Crippen LogP contribution >= 0.6 is 12.4 Å². The molecule has 1 aromatic rings. The second-order valence-electron chi connectivity index (χ2n) is 5.31. The summed E-state index contributed by atoms with van der Waals surface area (Å²) in [5.41, 5.74) is 1.73. The number of benzene rings is 1. The molecule has 1 fully saturated rings. The van der Waals surface area contributed by atoms with Crippen molar-refractivity contribution in [1.82, 2.24) is 10.6 Å². The summed E-state index contributed by atoms with van der Waals surface area (Å²) in [5.74, 6) is 0.467. The molecule has 1 heterocycles. The van der Waals surface area contributed by atoms with Gasteiger partial charge in [-0.05, 0) is 36.7 Å². The van der Waals surface area contributed by atoms with Crippen LogP contribution in [0.3, 0.4) is 0 Å². The van der Waals surface area contributed by atoms with Crippen molar-refractivity contribution < 1.29 is 9.59 Å². The summed E-state index contributed by atoms with van der Waals surface area (Å²) in [7, 11) is 0. The van der Waals surface area contributed by atoms with Crippen LogP contribution in [0.5, 0.6) is 0 Å². The molecule has 0 bridgehead atoms. The molecule has 6 heteroatoms. The lowest BCUT2D eigenvalue weighted by molar-refractivity contribution is -0.126. The van der Waals surface area contributed by atoms with Crippen LogP contribution < -0.4 is 16.0 Å². The molecular formula is C15H22ClN3O2. The molecule has 116 valence electrons. The number of carbonyl (C=O) groups is 2. The highest BCUT2D eigenvalue weighted by Crippen LogP contribution is 2.16. The third kappa shape index (κ3) is 5.02. The molecule has 0 aliphatic carbocycles. The molecule has 2 rings (SSSR count). The molecule has 2 amide bonds. The van der Waals surface area contributed by atoms with E-state index in [1.54, 1.807) is 0 Å². The number of rotatable bonds is 5. The number of nitrogens with one attached hydrogen (secondary N) is 3. The highest BCUT2D eigenvalue weighted by atomic mass is 35.5. The third-order valence-corrected chi connectivity index (χ3v) is 3.65. The minimum absolute atomic E-state index is 0. The Morgan fingerprint density at radius 3 is 2.67 bits per heavy atom. The molecule has 0 spiro atoms. The molecule has 1 saturated heterocycles. The summed E-state index contributed by atoms with van der Waals surface area (Å²) in [5, 5.41) is 8.86. The second kappa shape index (κ2) is 8.00. The summed E-state index contributed by atoms with van der Waals surface area (Å²) in [6.07, 6.45) is 0. The van der Waals surface area contributed by atoms with Gasteiger partial charge in [0.2, 0.25) is 11.8 Å². The smallest absolute Gasteiger partial charge is 0.223 e. The molecule has 1 aliphatic heterocycles. The molecule has 5 nitrogen and oxygen atoms in total. The van der Waals surface area contributed by atoms with Crippen molar-refractivity contribution in [2.75, 3.05) is 18.4 Å². The molecule has 0 aromatic heterocycles. The molecule has 1 unspecified atom stereocenters. The monoisotopic (exact) mass is 311 g/mol. The van der Waals surface area contributed by atoms with Gasteiger partial charge in [-0.25, -0.2) is 0 Å². The third-order valence-electron chi connectivity index (χ3n) is 3.65. The molecular weight excluding hydrogens is 290 g/mol. The number of halogens is 1. The first-order valence-electron chi connectivity index (χ1n) is 6.91. The van der Waals surface area contributed by atoms with E-state index in [0.29, 0.717) is 12.5 Å². The molecule has 0 radical (unpaired) electrons. The Morgan fingerprint density at radius 1 is 1.38 bits per heavy atom. The van der Waals surface area contributed by atoms with E-state index in [4.69, 9.17) is 0 Å². The van der Waals surface area contributed by atoms with E-state index in [9.17, 15) is 9.59 Å². The highest BCUT2D eigenvalue weighted by molar-refractivity contribution is 5.88. The van der Waals surface area contributed by atoms with Crippen LogP contribution in [0.4, 0.5) is 5.69 Å². The van der Waals surface area contributed by atoms with Gasteiger partial charge in [-0.3, -0.25) is 9.59 Å². The summed E-state index contributed by atoms with van der Waals surface area (Å²) in [4.78, 5) is 23.0. The molecule has 0 saturated carbocycles. The van der Waals surface area contributed by atoms with Gasteiger partial charge in [-0.15, -0.1) is 12.4 Å². The Balaban J connectivity index is 0.00000220. The van der Waals surface area contributed by atoms with Gasteiger partial charge in [-0.2, -0.15) is 0 Å². The minimum Gasteiger partial charge on any atom is -0.352 e. The van der Waals surface area contributed by atoms with Crippen LogP contribution in [0.2, 0.25) is 0 Å². The van der Waals surface area contributed by atoms with E-state index in [1.807, 2.05) is 31.2 Å². The molecule has 3 N–H and O–H groups in total. The summed E-state index contributed by atoms with van der Waals surface area (Å²) >= 11 is 0. The Hall–Kier alpha value is -1.59.